The number of nitrogens with two attached hydrogens (primary N) is 1. The van der Waals surface area contributed by atoms with Gasteiger partial charge in [0.1, 0.15) is 0 Å². The van der Waals surface area contributed by atoms with Crippen molar-refractivity contribution in [2.45, 2.75) is 64.7 Å². The van der Waals surface area contributed by atoms with E-state index in [4.69, 9.17) is 5.73 Å². The second-order valence-electron chi connectivity index (χ2n) is 4.16. The van der Waals surface area contributed by atoms with E-state index in [9.17, 15) is 0 Å². The van der Waals surface area contributed by atoms with Gasteiger partial charge in [0.25, 0.3) is 0 Å². The van der Waals surface area contributed by atoms with Gasteiger partial charge in [0, 0.05) is 0 Å². The minimum absolute atomic E-state index is 0.854. The van der Waals surface area contributed by atoms with Crippen LogP contribution in [0.4, 0.5) is 0 Å². The van der Waals surface area contributed by atoms with Gasteiger partial charge in [-0.25, -0.2) is 0 Å². The molecule has 0 unspecified atom stereocenters. The molecule has 0 aliphatic rings. The smallest absolute Gasteiger partial charge is 0.00773 e. The molecule has 14 heavy (non-hydrogen) atoms. The van der Waals surface area contributed by atoms with Crippen molar-refractivity contribution in [3.8, 4) is 0 Å². The van der Waals surface area contributed by atoms with Gasteiger partial charge < -0.3 is 5.73 Å². The zero-order valence-corrected chi connectivity index (χ0v) is 9.86. The van der Waals surface area contributed by atoms with Crippen molar-refractivity contribution < 1.29 is 0 Å². The molecule has 0 atom stereocenters. The van der Waals surface area contributed by atoms with E-state index in [2.05, 4.69) is 13.5 Å². The monoisotopic (exact) mass is 197 g/mol. The van der Waals surface area contributed by atoms with Crippen LogP contribution in [0.15, 0.2) is 12.2 Å². The first kappa shape index (κ1) is 13.7. The van der Waals surface area contributed by atoms with Crippen molar-refractivity contribution in [3.63, 3.8) is 0 Å². The van der Waals surface area contributed by atoms with Crippen LogP contribution >= 0.6 is 0 Å². The lowest BCUT2D eigenvalue weighted by Crippen LogP contribution is -1.97. The Morgan fingerprint density at radius 1 is 0.929 bits per heavy atom. The van der Waals surface area contributed by atoms with E-state index >= 15 is 0 Å². The fraction of sp³-hybridized carbons (Fsp3) is 0.846. The maximum absolute atomic E-state index is 5.43. The molecule has 2 N–H and O–H groups in total. The van der Waals surface area contributed by atoms with Crippen LogP contribution in [0, 0.1) is 0 Å². The summed E-state index contributed by atoms with van der Waals surface area (Å²) in [6.45, 7) is 7.15. The van der Waals surface area contributed by atoms with Crippen LogP contribution in [0.1, 0.15) is 64.7 Å². The minimum Gasteiger partial charge on any atom is -0.330 e. The molecule has 0 aromatic heterocycles. The van der Waals surface area contributed by atoms with E-state index in [1.54, 1.807) is 0 Å². The van der Waals surface area contributed by atoms with E-state index < -0.39 is 0 Å². The molecule has 0 aromatic carbocycles. The van der Waals surface area contributed by atoms with Crippen molar-refractivity contribution in [3.05, 3.63) is 12.2 Å². The van der Waals surface area contributed by atoms with Gasteiger partial charge in [-0.3, -0.25) is 0 Å². The van der Waals surface area contributed by atoms with Crippen LogP contribution in [0.3, 0.4) is 0 Å². The first-order chi connectivity index (χ1) is 6.81. The topological polar surface area (TPSA) is 26.0 Å². The number of unbranched alkanes of at least 4 members (excludes halogenated alkanes) is 5. The predicted molar refractivity (Wildman–Crippen MR) is 65.4 cm³/mol. The van der Waals surface area contributed by atoms with Crippen LogP contribution in [-0.2, 0) is 0 Å². The number of rotatable bonds is 10. The molecule has 0 aromatic rings. The Labute approximate surface area is 89.8 Å². The molecule has 0 saturated carbocycles. The molecule has 0 spiro atoms. The van der Waals surface area contributed by atoms with Crippen molar-refractivity contribution in [1.29, 1.82) is 0 Å². The standard InChI is InChI=1S/C13H27N/c1-3-10-13(2)11-8-6-4-5-7-9-12-14/h2-12,14H2,1H3. The zero-order valence-electron chi connectivity index (χ0n) is 9.86. The lowest BCUT2D eigenvalue weighted by atomic mass is 10.0. The van der Waals surface area contributed by atoms with Gasteiger partial charge in [-0.05, 0) is 32.2 Å². The van der Waals surface area contributed by atoms with E-state index in [1.807, 2.05) is 0 Å². The first-order valence-electron chi connectivity index (χ1n) is 6.18. The molecule has 0 fully saturated rings. The third kappa shape index (κ3) is 9.79. The Hall–Kier alpha value is -0.300. The average Bonchev–Trinajstić information content (AvgIpc) is 2.17. The molecule has 0 rings (SSSR count). The van der Waals surface area contributed by atoms with E-state index in [0.717, 1.165) is 6.54 Å². The lowest BCUT2D eigenvalue weighted by molar-refractivity contribution is 0.593. The molecule has 0 heterocycles. The van der Waals surface area contributed by atoms with Gasteiger partial charge in [-0.2, -0.15) is 0 Å². The molecule has 0 radical (unpaired) electrons. The molecule has 1 nitrogen and oxygen atoms in total. The highest BCUT2D eigenvalue weighted by molar-refractivity contribution is 4.92. The molecule has 0 bridgehead atoms. The first-order valence-corrected chi connectivity index (χ1v) is 6.18. The highest BCUT2D eigenvalue weighted by atomic mass is 14.5. The maximum Gasteiger partial charge on any atom is -0.00773 e. The molecule has 0 saturated heterocycles. The summed E-state index contributed by atoms with van der Waals surface area (Å²) < 4.78 is 0. The van der Waals surface area contributed by atoms with Gasteiger partial charge >= 0.3 is 0 Å². The van der Waals surface area contributed by atoms with Crippen molar-refractivity contribution >= 4 is 0 Å². The zero-order chi connectivity index (χ0) is 10.6. The second kappa shape index (κ2) is 10.8. The van der Waals surface area contributed by atoms with Crippen LogP contribution < -0.4 is 5.73 Å². The summed E-state index contributed by atoms with van der Waals surface area (Å²) in [6.07, 6.45) is 11.6. The highest BCUT2D eigenvalue weighted by Crippen LogP contribution is 2.13. The summed E-state index contributed by atoms with van der Waals surface area (Å²) in [4.78, 5) is 0. The summed E-state index contributed by atoms with van der Waals surface area (Å²) in [5.74, 6) is 0. The van der Waals surface area contributed by atoms with Gasteiger partial charge in [0.05, 0.1) is 0 Å². The van der Waals surface area contributed by atoms with Crippen LogP contribution in [0.5, 0.6) is 0 Å². The Bertz CT molecular complexity index is 129. The van der Waals surface area contributed by atoms with Crippen LogP contribution in [-0.4, -0.2) is 6.54 Å². The molecule has 0 aliphatic heterocycles. The van der Waals surface area contributed by atoms with Crippen LogP contribution in [0.2, 0.25) is 0 Å². The van der Waals surface area contributed by atoms with Crippen molar-refractivity contribution in [1.82, 2.24) is 0 Å². The minimum atomic E-state index is 0.854. The Balaban J connectivity index is 3.01. The largest absolute Gasteiger partial charge is 0.330 e. The molecule has 1 heteroatoms. The van der Waals surface area contributed by atoms with Gasteiger partial charge in [0.15, 0.2) is 0 Å². The van der Waals surface area contributed by atoms with Gasteiger partial charge in [-0.1, -0.05) is 51.2 Å². The third-order valence-electron chi connectivity index (χ3n) is 2.59. The second-order valence-corrected chi connectivity index (χ2v) is 4.16. The molecular formula is C13H27N. The Kier molecular flexibility index (Phi) is 10.5. The molecule has 84 valence electrons. The molecular weight excluding hydrogens is 170 g/mol. The number of hydrogen-bond acceptors (Lipinski definition) is 1. The SMILES string of the molecule is C=C(CCC)CCCCCCCCN. The lowest BCUT2D eigenvalue weighted by Gasteiger charge is -2.03. The van der Waals surface area contributed by atoms with Crippen molar-refractivity contribution in [2.75, 3.05) is 6.54 Å². The summed E-state index contributed by atoms with van der Waals surface area (Å²) in [7, 11) is 0. The highest BCUT2D eigenvalue weighted by Gasteiger charge is 1.94. The molecule has 0 aliphatic carbocycles. The van der Waals surface area contributed by atoms with E-state index in [0.29, 0.717) is 0 Å². The summed E-state index contributed by atoms with van der Waals surface area (Å²) in [6, 6.07) is 0. The Morgan fingerprint density at radius 2 is 1.50 bits per heavy atom. The predicted octanol–water partition coefficient (Wildman–Crippen LogP) is 4.03. The van der Waals surface area contributed by atoms with Gasteiger partial charge in [-0.15, -0.1) is 0 Å². The fourth-order valence-corrected chi connectivity index (χ4v) is 1.70. The maximum atomic E-state index is 5.43. The van der Waals surface area contributed by atoms with Crippen LogP contribution in [0.25, 0.3) is 0 Å². The number of hydrogen-bond donors (Lipinski definition) is 1. The third-order valence-corrected chi connectivity index (χ3v) is 2.59. The Morgan fingerprint density at radius 3 is 2.07 bits per heavy atom. The summed E-state index contributed by atoms with van der Waals surface area (Å²) in [5.41, 5.74) is 6.87. The quantitative estimate of drug-likeness (QED) is 0.415. The average molecular weight is 197 g/mol. The van der Waals surface area contributed by atoms with E-state index in [1.165, 1.54) is 63.4 Å². The summed E-state index contributed by atoms with van der Waals surface area (Å²) in [5, 5.41) is 0. The normalized spacial score (nSPS) is 10.4. The van der Waals surface area contributed by atoms with Crippen molar-refractivity contribution in [2.24, 2.45) is 5.73 Å². The van der Waals surface area contributed by atoms with Gasteiger partial charge in [0.2, 0.25) is 0 Å². The summed E-state index contributed by atoms with van der Waals surface area (Å²) >= 11 is 0. The molecule has 0 amide bonds. The number of allylic oxidation sites excluding steroid dienone is 1. The fourth-order valence-electron chi connectivity index (χ4n) is 1.70. The van der Waals surface area contributed by atoms with E-state index in [-0.39, 0.29) is 0 Å².